The van der Waals surface area contributed by atoms with E-state index >= 15 is 0 Å². The highest BCUT2D eigenvalue weighted by atomic mass is 35.5. The highest BCUT2D eigenvalue weighted by Gasteiger charge is 2.30. The molecule has 0 bridgehead atoms. The number of carbonyl (C=O) groups is 3. The number of amides is 4. The zero-order chi connectivity index (χ0) is 21.7. The lowest BCUT2D eigenvalue weighted by atomic mass is 10.2. The Bertz CT molecular complexity index is 909. The number of benzene rings is 1. The van der Waals surface area contributed by atoms with E-state index in [4.69, 9.17) is 11.6 Å². The van der Waals surface area contributed by atoms with Crippen molar-refractivity contribution in [1.29, 1.82) is 0 Å². The van der Waals surface area contributed by atoms with Gasteiger partial charge in [-0.25, -0.2) is 4.79 Å². The van der Waals surface area contributed by atoms with Gasteiger partial charge in [-0.3, -0.25) is 9.59 Å². The molecule has 4 amide bonds. The first-order chi connectivity index (χ1) is 14.4. The van der Waals surface area contributed by atoms with Crippen molar-refractivity contribution in [1.82, 2.24) is 15.1 Å². The van der Waals surface area contributed by atoms with Crippen molar-refractivity contribution < 1.29 is 14.4 Å². The van der Waals surface area contributed by atoms with Crippen LogP contribution in [-0.2, 0) is 9.59 Å². The molecular weight excluding hydrogens is 404 g/mol. The van der Waals surface area contributed by atoms with Crippen LogP contribution in [0.2, 0.25) is 5.02 Å². The number of nitrogens with zero attached hydrogens (tertiary/aromatic N) is 2. The van der Waals surface area contributed by atoms with Gasteiger partial charge in [-0.1, -0.05) is 30.0 Å². The lowest BCUT2D eigenvalue weighted by molar-refractivity contribution is -0.127. The lowest BCUT2D eigenvalue weighted by Gasteiger charge is -2.34. The molecule has 1 aliphatic carbocycles. The van der Waals surface area contributed by atoms with E-state index in [9.17, 15) is 14.4 Å². The molecule has 158 valence electrons. The van der Waals surface area contributed by atoms with Crippen LogP contribution in [0.4, 0.5) is 10.5 Å². The standard InChI is InChI=1S/C22H25ClN4O3/c1-3-20(28)26-10-12-27(13-11-26)22(30)24-15(2)4-5-16-6-9-18(23)19(14-16)25-21(29)17-7-8-17/h3,6,9,14-15,17H,1,7-8,10-13H2,2H3,(H,24,30)(H,25,29). The predicted molar refractivity (Wildman–Crippen MR) is 116 cm³/mol. The van der Waals surface area contributed by atoms with Crippen LogP contribution in [-0.4, -0.2) is 59.9 Å². The van der Waals surface area contributed by atoms with Crippen molar-refractivity contribution in [2.24, 2.45) is 5.92 Å². The fraction of sp³-hybridized carbons (Fsp3) is 0.409. The molecule has 7 nitrogen and oxygen atoms in total. The number of urea groups is 1. The fourth-order valence-electron chi connectivity index (χ4n) is 3.04. The number of piperazine rings is 1. The van der Waals surface area contributed by atoms with Gasteiger partial charge in [0.15, 0.2) is 0 Å². The van der Waals surface area contributed by atoms with Crippen LogP contribution in [0.1, 0.15) is 25.3 Å². The summed E-state index contributed by atoms with van der Waals surface area (Å²) in [7, 11) is 0. The Morgan fingerprint density at radius 2 is 1.87 bits per heavy atom. The molecule has 1 aromatic rings. The highest BCUT2D eigenvalue weighted by molar-refractivity contribution is 6.33. The molecule has 1 unspecified atom stereocenters. The summed E-state index contributed by atoms with van der Waals surface area (Å²) in [6.45, 7) is 7.18. The van der Waals surface area contributed by atoms with Crippen molar-refractivity contribution in [2.75, 3.05) is 31.5 Å². The van der Waals surface area contributed by atoms with E-state index in [1.54, 1.807) is 34.9 Å². The first-order valence-electron chi connectivity index (χ1n) is 9.96. The average Bonchev–Trinajstić information content (AvgIpc) is 3.59. The van der Waals surface area contributed by atoms with Crippen molar-refractivity contribution in [3.05, 3.63) is 41.4 Å². The van der Waals surface area contributed by atoms with Crippen LogP contribution in [0.25, 0.3) is 0 Å². The summed E-state index contributed by atoms with van der Waals surface area (Å²) in [4.78, 5) is 39.3. The summed E-state index contributed by atoms with van der Waals surface area (Å²) >= 11 is 6.17. The molecule has 2 fully saturated rings. The molecule has 2 aliphatic rings. The van der Waals surface area contributed by atoms with Crippen LogP contribution in [0.5, 0.6) is 0 Å². The summed E-state index contributed by atoms with van der Waals surface area (Å²) in [5.74, 6) is 5.96. The quantitative estimate of drug-likeness (QED) is 0.571. The fourth-order valence-corrected chi connectivity index (χ4v) is 3.21. The smallest absolute Gasteiger partial charge is 0.318 e. The van der Waals surface area contributed by atoms with Gasteiger partial charge in [0, 0.05) is 37.7 Å². The van der Waals surface area contributed by atoms with Gasteiger partial charge in [0.2, 0.25) is 11.8 Å². The Balaban J connectivity index is 1.53. The Kier molecular flexibility index (Phi) is 7.01. The lowest BCUT2D eigenvalue weighted by Crippen LogP contribution is -2.53. The molecular formula is C22H25ClN4O3. The zero-order valence-electron chi connectivity index (χ0n) is 16.9. The topological polar surface area (TPSA) is 81.8 Å². The molecule has 1 heterocycles. The van der Waals surface area contributed by atoms with E-state index in [0.717, 1.165) is 12.8 Å². The van der Waals surface area contributed by atoms with E-state index in [1.807, 2.05) is 0 Å². The molecule has 8 heteroatoms. The second-order valence-corrected chi connectivity index (χ2v) is 7.82. The van der Waals surface area contributed by atoms with Crippen molar-refractivity contribution in [3.63, 3.8) is 0 Å². The van der Waals surface area contributed by atoms with Gasteiger partial charge in [-0.2, -0.15) is 0 Å². The number of hydrogen-bond acceptors (Lipinski definition) is 3. The predicted octanol–water partition coefficient (Wildman–Crippen LogP) is 2.47. The molecule has 3 rings (SSSR count). The second-order valence-electron chi connectivity index (χ2n) is 7.42. The maximum atomic E-state index is 12.4. The number of carbonyl (C=O) groups excluding carboxylic acids is 3. The molecule has 1 atom stereocenters. The van der Waals surface area contributed by atoms with E-state index in [2.05, 4.69) is 29.1 Å². The average molecular weight is 429 g/mol. The maximum Gasteiger partial charge on any atom is 0.318 e. The van der Waals surface area contributed by atoms with E-state index < -0.39 is 0 Å². The van der Waals surface area contributed by atoms with Gasteiger partial charge in [0.1, 0.15) is 0 Å². The largest absolute Gasteiger partial charge is 0.336 e. The number of halogens is 1. The van der Waals surface area contributed by atoms with Gasteiger partial charge in [-0.05, 0) is 44.0 Å². The number of nitrogens with one attached hydrogen (secondary N) is 2. The third-order valence-electron chi connectivity index (χ3n) is 5.00. The normalized spacial score (nSPS) is 16.7. The van der Waals surface area contributed by atoms with Crippen molar-refractivity contribution in [2.45, 2.75) is 25.8 Å². The minimum absolute atomic E-state index is 0.0162. The van der Waals surface area contributed by atoms with Crippen molar-refractivity contribution in [3.8, 4) is 11.8 Å². The van der Waals surface area contributed by atoms with Gasteiger partial charge in [0.25, 0.3) is 0 Å². The van der Waals surface area contributed by atoms with Crippen LogP contribution >= 0.6 is 11.6 Å². The third kappa shape index (κ3) is 5.77. The minimum atomic E-state index is -0.370. The number of hydrogen-bond donors (Lipinski definition) is 2. The highest BCUT2D eigenvalue weighted by Crippen LogP contribution is 2.31. The Labute approximate surface area is 181 Å². The Hall–Kier alpha value is -2.98. The first kappa shape index (κ1) is 21.7. The number of anilines is 1. The molecule has 1 saturated carbocycles. The summed E-state index contributed by atoms with van der Waals surface area (Å²) < 4.78 is 0. The summed E-state index contributed by atoms with van der Waals surface area (Å²) in [5, 5.41) is 6.16. The minimum Gasteiger partial charge on any atom is -0.336 e. The molecule has 2 N–H and O–H groups in total. The van der Waals surface area contributed by atoms with Gasteiger partial charge in [0.05, 0.1) is 16.8 Å². The molecule has 1 aliphatic heterocycles. The summed E-state index contributed by atoms with van der Waals surface area (Å²) in [5.41, 5.74) is 1.24. The molecule has 1 saturated heterocycles. The van der Waals surface area contributed by atoms with Crippen LogP contribution in [0.15, 0.2) is 30.9 Å². The van der Waals surface area contributed by atoms with E-state index in [0.29, 0.717) is 42.5 Å². The van der Waals surface area contributed by atoms with E-state index in [-0.39, 0.29) is 29.8 Å². The summed E-state index contributed by atoms with van der Waals surface area (Å²) in [6.07, 6.45) is 3.12. The Morgan fingerprint density at radius 1 is 1.20 bits per heavy atom. The van der Waals surface area contributed by atoms with Crippen molar-refractivity contribution >= 4 is 35.1 Å². The van der Waals surface area contributed by atoms with Gasteiger partial charge < -0.3 is 20.4 Å². The molecule has 0 spiro atoms. The third-order valence-corrected chi connectivity index (χ3v) is 5.33. The van der Waals surface area contributed by atoms with Gasteiger partial charge >= 0.3 is 6.03 Å². The monoisotopic (exact) mass is 428 g/mol. The van der Waals surface area contributed by atoms with E-state index in [1.165, 1.54) is 6.08 Å². The second kappa shape index (κ2) is 9.68. The first-order valence-corrected chi connectivity index (χ1v) is 10.3. The van der Waals surface area contributed by atoms with Crippen LogP contribution < -0.4 is 10.6 Å². The van der Waals surface area contributed by atoms with Crippen LogP contribution in [0.3, 0.4) is 0 Å². The number of rotatable bonds is 4. The Morgan fingerprint density at radius 3 is 2.50 bits per heavy atom. The molecule has 1 aromatic carbocycles. The van der Waals surface area contributed by atoms with Gasteiger partial charge in [-0.15, -0.1) is 0 Å². The molecule has 0 aromatic heterocycles. The zero-order valence-corrected chi connectivity index (χ0v) is 17.7. The molecule has 30 heavy (non-hydrogen) atoms. The molecule has 0 radical (unpaired) electrons. The summed E-state index contributed by atoms with van der Waals surface area (Å²) in [6, 6.07) is 4.62. The van der Waals surface area contributed by atoms with Crippen LogP contribution in [0, 0.1) is 17.8 Å². The maximum absolute atomic E-state index is 12.4. The SMILES string of the molecule is C=CC(=O)N1CCN(C(=O)NC(C)C#Cc2ccc(Cl)c(NC(=O)C3CC3)c2)CC1.